The highest BCUT2D eigenvalue weighted by Crippen LogP contribution is 2.19. The normalized spacial score (nSPS) is 16.6. The molecule has 1 N–H and O–H groups in total. The number of benzene rings is 2. The number of likely N-dealkylation sites (tertiary alicyclic amines) is 1. The summed E-state index contributed by atoms with van der Waals surface area (Å²) in [5.41, 5.74) is 2.51. The number of piperidine rings is 1. The van der Waals surface area contributed by atoms with Gasteiger partial charge < -0.3 is 15.0 Å². The van der Waals surface area contributed by atoms with E-state index >= 15 is 0 Å². The fraction of sp³-hybridized carbons (Fsp3) is 0.364. The largest absolute Gasteiger partial charge is 0.380 e. The minimum absolute atomic E-state index is 0.0520. The average Bonchev–Trinajstić information content (AvgIpc) is 2.73. The number of ether oxygens (including phenoxy) is 1. The lowest BCUT2D eigenvalue weighted by molar-refractivity contribution is -0.126. The number of rotatable bonds is 6. The lowest BCUT2D eigenvalue weighted by Crippen LogP contribution is -2.45. The van der Waals surface area contributed by atoms with Gasteiger partial charge in [0.2, 0.25) is 5.91 Å². The highest BCUT2D eigenvalue weighted by molar-refractivity contribution is 5.94. The quantitative estimate of drug-likeness (QED) is 0.832. The summed E-state index contributed by atoms with van der Waals surface area (Å²) in [6, 6.07) is 13.3. The van der Waals surface area contributed by atoms with Gasteiger partial charge in [0.1, 0.15) is 5.82 Å². The van der Waals surface area contributed by atoms with Crippen molar-refractivity contribution < 1.29 is 18.7 Å². The van der Waals surface area contributed by atoms with E-state index in [1.54, 1.807) is 12.0 Å². The molecule has 1 heterocycles. The van der Waals surface area contributed by atoms with Crippen LogP contribution in [-0.4, -0.2) is 36.9 Å². The van der Waals surface area contributed by atoms with Crippen LogP contribution in [0.2, 0.25) is 0 Å². The molecule has 1 fully saturated rings. The Morgan fingerprint density at radius 2 is 1.86 bits per heavy atom. The van der Waals surface area contributed by atoms with Gasteiger partial charge in [-0.3, -0.25) is 9.59 Å². The molecule has 0 spiro atoms. The molecule has 0 saturated carbocycles. The Balaban J connectivity index is 1.58. The van der Waals surface area contributed by atoms with Crippen LogP contribution in [0.1, 0.15) is 34.3 Å². The van der Waals surface area contributed by atoms with Crippen LogP contribution >= 0.6 is 0 Å². The number of carbonyl (C=O) groups excluding carboxylic acids is 2. The maximum absolute atomic E-state index is 13.1. The number of carbonyl (C=O) groups is 2. The van der Waals surface area contributed by atoms with Gasteiger partial charge in [-0.05, 0) is 48.2 Å². The van der Waals surface area contributed by atoms with Gasteiger partial charge in [-0.25, -0.2) is 4.39 Å². The first-order valence-electron chi connectivity index (χ1n) is 9.46. The summed E-state index contributed by atoms with van der Waals surface area (Å²) in [7, 11) is 1.64. The summed E-state index contributed by atoms with van der Waals surface area (Å²) < 4.78 is 18.3. The maximum Gasteiger partial charge on any atom is 0.253 e. The second-order valence-electron chi connectivity index (χ2n) is 7.02. The minimum atomic E-state index is -0.374. The van der Waals surface area contributed by atoms with Crippen molar-refractivity contribution in [3.63, 3.8) is 0 Å². The van der Waals surface area contributed by atoms with Crippen molar-refractivity contribution >= 4 is 11.8 Å². The molecule has 0 radical (unpaired) electrons. The van der Waals surface area contributed by atoms with Gasteiger partial charge in [-0.1, -0.05) is 24.3 Å². The Kier molecular flexibility index (Phi) is 6.76. The molecule has 0 bridgehead atoms. The SMILES string of the molecule is COCc1ccccc1CNC(=O)C1CCCN(C(=O)c2ccc(F)cc2)C1. The zero-order valence-corrected chi connectivity index (χ0v) is 16.0. The fourth-order valence-corrected chi connectivity index (χ4v) is 3.50. The van der Waals surface area contributed by atoms with Crippen LogP contribution in [0.15, 0.2) is 48.5 Å². The summed E-state index contributed by atoms with van der Waals surface area (Å²) >= 11 is 0. The summed E-state index contributed by atoms with van der Waals surface area (Å²) in [6.07, 6.45) is 1.52. The maximum atomic E-state index is 13.1. The average molecular weight is 384 g/mol. The fourth-order valence-electron chi connectivity index (χ4n) is 3.50. The third-order valence-electron chi connectivity index (χ3n) is 5.04. The van der Waals surface area contributed by atoms with E-state index in [0.717, 1.165) is 24.0 Å². The molecule has 148 valence electrons. The molecule has 0 aromatic heterocycles. The zero-order chi connectivity index (χ0) is 19.9. The molecule has 1 unspecified atom stereocenters. The Bertz CT molecular complexity index is 823. The van der Waals surface area contributed by atoms with Gasteiger partial charge in [-0.2, -0.15) is 0 Å². The number of halogens is 1. The van der Waals surface area contributed by atoms with E-state index in [4.69, 9.17) is 4.74 Å². The Morgan fingerprint density at radius 3 is 2.57 bits per heavy atom. The van der Waals surface area contributed by atoms with E-state index in [-0.39, 0.29) is 23.5 Å². The Hall–Kier alpha value is -2.73. The lowest BCUT2D eigenvalue weighted by atomic mass is 9.96. The van der Waals surface area contributed by atoms with Crippen molar-refractivity contribution in [2.75, 3.05) is 20.2 Å². The van der Waals surface area contributed by atoms with E-state index in [9.17, 15) is 14.0 Å². The van der Waals surface area contributed by atoms with Crippen LogP contribution in [-0.2, 0) is 22.7 Å². The predicted molar refractivity (Wildman–Crippen MR) is 104 cm³/mol. The number of hydrogen-bond acceptors (Lipinski definition) is 3. The van der Waals surface area contributed by atoms with Gasteiger partial charge in [0, 0.05) is 32.3 Å². The molecule has 1 aliphatic heterocycles. The second kappa shape index (κ2) is 9.46. The third-order valence-corrected chi connectivity index (χ3v) is 5.04. The summed E-state index contributed by atoms with van der Waals surface area (Å²) in [5, 5.41) is 2.99. The molecule has 3 rings (SSSR count). The highest BCUT2D eigenvalue weighted by atomic mass is 19.1. The number of nitrogens with one attached hydrogen (secondary N) is 1. The number of hydrogen-bond donors (Lipinski definition) is 1. The van der Waals surface area contributed by atoms with Crippen molar-refractivity contribution in [3.05, 3.63) is 71.0 Å². The van der Waals surface area contributed by atoms with Crippen LogP contribution in [0.4, 0.5) is 4.39 Å². The van der Waals surface area contributed by atoms with E-state index in [1.165, 1.54) is 24.3 Å². The predicted octanol–water partition coefficient (Wildman–Crippen LogP) is 3.14. The molecule has 5 nitrogen and oxygen atoms in total. The summed E-state index contributed by atoms with van der Waals surface area (Å²) in [4.78, 5) is 27.0. The van der Waals surface area contributed by atoms with E-state index in [1.807, 2.05) is 24.3 Å². The van der Waals surface area contributed by atoms with E-state index < -0.39 is 0 Å². The third kappa shape index (κ3) is 4.95. The summed E-state index contributed by atoms with van der Waals surface area (Å²) in [6.45, 7) is 1.91. The van der Waals surface area contributed by atoms with Crippen LogP contribution in [0, 0.1) is 11.7 Å². The molecule has 1 aliphatic rings. The number of amides is 2. The molecule has 6 heteroatoms. The minimum Gasteiger partial charge on any atom is -0.380 e. The first-order chi connectivity index (χ1) is 13.6. The molecule has 2 aromatic rings. The molecular formula is C22H25FN2O3. The van der Waals surface area contributed by atoms with Gasteiger partial charge in [-0.15, -0.1) is 0 Å². The van der Waals surface area contributed by atoms with Gasteiger partial charge >= 0.3 is 0 Å². The van der Waals surface area contributed by atoms with E-state index in [0.29, 0.717) is 31.8 Å². The molecule has 28 heavy (non-hydrogen) atoms. The van der Waals surface area contributed by atoms with Gasteiger partial charge in [0.15, 0.2) is 0 Å². The number of nitrogens with zero attached hydrogens (tertiary/aromatic N) is 1. The van der Waals surface area contributed by atoms with Crippen LogP contribution < -0.4 is 5.32 Å². The Morgan fingerprint density at radius 1 is 1.14 bits per heavy atom. The summed E-state index contributed by atoms with van der Waals surface area (Å²) in [5.74, 6) is -0.833. The van der Waals surface area contributed by atoms with Crippen molar-refractivity contribution in [2.45, 2.75) is 26.0 Å². The van der Waals surface area contributed by atoms with Crippen molar-refractivity contribution in [3.8, 4) is 0 Å². The van der Waals surface area contributed by atoms with Crippen molar-refractivity contribution in [1.29, 1.82) is 0 Å². The van der Waals surface area contributed by atoms with E-state index in [2.05, 4.69) is 5.32 Å². The van der Waals surface area contributed by atoms with Crippen molar-refractivity contribution in [1.82, 2.24) is 10.2 Å². The monoisotopic (exact) mass is 384 g/mol. The second-order valence-corrected chi connectivity index (χ2v) is 7.02. The molecule has 1 atom stereocenters. The van der Waals surface area contributed by atoms with Crippen LogP contribution in [0.3, 0.4) is 0 Å². The lowest BCUT2D eigenvalue weighted by Gasteiger charge is -2.32. The molecular weight excluding hydrogens is 359 g/mol. The first kappa shape index (κ1) is 20.0. The van der Waals surface area contributed by atoms with Gasteiger partial charge in [0.05, 0.1) is 12.5 Å². The Labute approximate surface area is 164 Å². The molecule has 1 saturated heterocycles. The first-order valence-corrected chi connectivity index (χ1v) is 9.46. The standard InChI is InChI=1S/C22H25FN2O3/c1-28-15-19-6-3-2-5-17(19)13-24-21(26)18-7-4-12-25(14-18)22(27)16-8-10-20(23)11-9-16/h2-3,5-6,8-11,18H,4,7,12-15H2,1H3,(H,24,26). The van der Waals surface area contributed by atoms with Crippen LogP contribution in [0.5, 0.6) is 0 Å². The zero-order valence-electron chi connectivity index (χ0n) is 16.0. The smallest absolute Gasteiger partial charge is 0.253 e. The van der Waals surface area contributed by atoms with Crippen molar-refractivity contribution in [2.24, 2.45) is 5.92 Å². The molecule has 2 amide bonds. The molecule has 0 aliphatic carbocycles. The topological polar surface area (TPSA) is 58.6 Å². The van der Waals surface area contributed by atoms with Crippen LogP contribution in [0.25, 0.3) is 0 Å². The highest BCUT2D eigenvalue weighted by Gasteiger charge is 2.28. The number of methoxy groups -OCH3 is 1. The van der Waals surface area contributed by atoms with Gasteiger partial charge in [0.25, 0.3) is 5.91 Å². The molecule has 2 aromatic carbocycles.